The molecular formula is C13H13ClN2. The van der Waals surface area contributed by atoms with Crippen LogP contribution in [0.5, 0.6) is 0 Å². The maximum atomic E-state index is 5.97. The molecule has 2 rings (SSSR count). The minimum Gasteiger partial charge on any atom is -0.307 e. The van der Waals surface area contributed by atoms with Crippen LogP contribution in [0.2, 0.25) is 5.02 Å². The van der Waals surface area contributed by atoms with Crippen LogP contribution in [-0.2, 0) is 6.54 Å². The summed E-state index contributed by atoms with van der Waals surface area (Å²) in [6.07, 6.45) is 0. The Kier molecular flexibility index (Phi) is 3.44. The highest BCUT2D eigenvalue weighted by atomic mass is 35.5. The van der Waals surface area contributed by atoms with Gasteiger partial charge in [-0.05, 0) is 29.8 Å². The lowest BCUT2D eigenvalue weighted by Crippen LogP contribution is -2.29. The van der Waals surface area contributed by atoms with E-state index in [4.69, 9.17) is 17.4 Å². The third-order valence-electron chi connectivity index (χ3n) is 2.35. The molecule has 0 atom stereocenters. The predicted molar refractivity (Wildman–Crippen MR) is 68.3 cm³/mol. The van der Waals surface area contributed by atoms with E-state index in [1.54, 1.807) is 5.01 Å². The van der Waals surface area contributed by atoms with Gasteiger partial charge in [-0.15, -0.1) is 0 Å². The van der Waals surface area contributed by atoms with Crippen LogP contribution in [0.4, 0.5) is 5.69 Å². The van der Waals surface area contributed by atoms with Crippen LogP contribution < -0.4 is 10.9 Å². The summed E-state index contributed by atoms with van der Waals surface area (Å²) < 4.78 is 0. The first-order valence-electron chi connectivity index (χ1n) is 5.07. The van der Waals surface area contributed by atoms with E-state index in [1.165, 1.54) is 0 Å². The Morgan fingerprint density at radius 2 is 1.56 bits per heavy atom. The minimum atomic E-state index is 0.668. The fourth-order valence-electron chi connectivity index (χ4n) is 1.50. The summed E-state index contributed by atoms with van der Waals surface area (Å²) in [6.45, 7) is 0.668. The van der Waals surface area contributed by atoms with Gasteiger partial charge in [-0.2, -0.15) is 0 Å². The molecule has 0 aromatic heterocycles. The van der Waals surface area contributed by atoms with E-state index in [0.29, 0.717) is 6.54 Å². The average Bonchev–Trinajstić information content (AvgIpc) is 2.33. The molecule has 16 heavy (non-hydrogen) atoms. The third-order valence-corrected chi connectivity index (χ3v) is 2.61. The molecule has 2 aromatic rings. The van der Waals surface area contributed by atoms with Gasteiger partial charge in [0.1, 0.15) is 0 Å². The fourth-order valence-corrected chi connectivity index (χ4v) is 1.62. The van der Waals surface area contributed by atoms with Gasteiger partial charge in [0.2, 0.25) is 0 Å². The van der Waals surface area contributed by atoms with Crippen molar-refractivity contribution in [3.8, 4) is 0 Å². The quantitative estimate of drug-likeness (QED) is 0.650. The van der Waals surface area contributed by atoms with Gasteiger partial charge in [0.25, 0.3) is 0 Å². The Morgan fingerprint density at radius 1 is 0.938 bits per heavy atom. The zero-order valence-electron chi connectivity index (χ0n) is 8.81. The van der Waals surface area contributed by atoms with E-state index >= 15 is 0 Å². The summed E-state index contributed by atoms with van der Waals surface area (Å²) in [7, 11) is 0. The summed E-state index contributed by atoms with van der Waals surface area (Å²) in [5, 5.41) is 2.45. The summed E-state index contributed by atoms with van der Waals surface area (Å²) in [6, 6.07) is 17.6. The molecule has 0 radical (unpaired) electrons. The van der Waals surface area contributed by atoms with Gasteiger partial charge < -0.3 is 5.01 Å². The van der Waals surface area contributed by atoms with Crippen molar-refractivity contribution in [3.63, 3.8) is 0 Å². The van der Waals surface area contributed by atoms with Crippen LogP contribution in [0.1, 0.15) is 5.56 Å². The van der Waals surface area contributed by atoms with E-state index in [1.807, 2.05) is 54.6 Å². The predicted octanol–water partition coefficient (Wildman–Crippen LogP) is 3.22. The van der Waals surface area contributed by atoms with Crippen molar-refractivity contribution in [2.24, 2.45) is 5.84 Å². The number of anilines is 1. The van der Waals surface area contributed by atoms with Gasteiger partial charge in [-0.1, -0.05) is 41.9 Å². The normalized spacial score (nSPS) is 10.1. The molecule has 82 valence electrons. The van der Waals surface area contributed by atoms with Crippen molar-refractivity contribution in [3.05, 3.63) is 65.2 Å². The first kappa shape index (κ1) is 11.0. The Bertz CT molecular complexity index is 439. The molecule has 0 aliphatic carbocycles. The summed E-state index contributed by atoms with van der Waals surface area (Å²) >= 11 is 5.82. The molecule has 0 fully saturated rings. The smallest absolute Gasteiger partial charge is 0.0592 e. The van der Waals surface area contributed by atoms with Crippen molar-refractivity contribution < 1.29 is 0 Å². The number of rotatable bonds is 3. The second-order valence-corrected chi connectivity index (χ2v) is 4.03. The van der Waals surface area contributed by atoms with Gasteiger partial charge in [-0.3, -0.25) is 0 Å². The first-order chi connectivity index (χ1) is 7.75. The van der Waals surface area contributed by atoms with Crippen molar-refractivity contribution in [1.29, 1.82) is 0 Å². The second-order valence-electron chi connectivity index (χ2n) is 3.59. The molecule has 0 aliphatic heterocycles. The van der Waals surface area contributed by atoms with Gasteiger partial charge in [0.05, 0.1) is 12.2 Å². The number of nitrogens with zero attached hydrogens (tertiary/aromatic N) is 1. The van der Waals surface area contributed by atoms with E-state index in [0.717, 1.165) is 16.3 Å². The number of nitrogens with two attached hydrogens (primary N) is 1. The number of hydrogen-bond donors (Lipinski definition) is 1. The lowest BCUT2D eigenvalue weighted by Gasteiger charge is -2.18. The van der Waals surface area contributed by atoms with Crippen LogP contribution >= 0.6 is 11.6 Å². The monoisotopic (exact) mass is 232 g/mol. The molecule has 0 unspecified atom stereocenters. The molecular weight excluding hydrogens is 220 g/mol. The summed E-state index contributed by atoms with van der Waals surface area (Å²) in [5.41, 5.74) is 2.13. The van der Waals surface area contributed by atoms with Crippen molar-refractivity contribution >= 4 is 17.3 Å². The molecule has 2 nitrogen and oxygen atoms in total. The van der Waals surface area contributed by atoms with Crippen LogP contribution in [0, 0.1) is 0 Å². The van der Waals surface area contributed by atoms with E-state index in [9.17, 15) is 0 Å². The molecule has 2 aromatic carbocycles. The van der Waals surface area contributed by atoms with Crippen molar-refractivity contribution in [2.45, 2.75) is 6.54 Å². The molecule has 0 amide bonds. The Morgan fingerprint density at radius 3 is 2.19 bits per heavy atom. The number of halogens is 1. The number of para-hydroxylation sites is 1. The van der Waals surface area contributed by atoms with Crippen molar-refractivity contribution in [2.75, 3.05) is 5.01 Å². The van der Waals surface area contributed by atoms with Crippen LogP contribution in [-0.4, -0.2) is 0 Å². The zero-order valence-corrected chi connectivity index (χ0v) is 9.56. The van der Waals surface area contributed by atoms with Crippen LogP contribution in [0.3, 0.4) is 0 Å². The topological polar surface area (TPSA) is 29.3 Å². The fraction of sp³-hybridized carbons (Fsp3) is 0.0769. The number of benzene rings is 2. The Balaban J connectivity index is 2.08. The highest BCUT2D eigenvalue weighted by Crippen LogP contribution is 2.14. The average molecular weight is 233 g/mol. The summed E-state index contributed by atoms with van der Waals surface area (Å²) in [4.78, 5) is 0. The molecule has 2 N–H and O–H groups in total. The molecule has 0 heterocycles. The maximum absolute atomic E-state index is 5.97. The molecule has 0 spiro atoms. The third kappa shape index (κ3) is 2.75. The van der Waals surface area contributed by atoms with E-state index in [2.05, 4.69) is 0 Å². The zero-order chi connectivity index (χ0) is 11.4. The lowest BCUT2D eigenvalue weighted by atomic mass is 10.2. The summed E-state index contributed by atoms with van der Waals surface area (Å²) in [5.74, 6) is 5.97. The van der Waals surface area contributed by atoms with Gasteiger partial charge >= 0.3 is 0 Å². The molecule has 0 aliphatic rings. The Labute approximate surface area is 100 Å². The largest absolute Gasteiger partial charge is 0.307 e. The number of hydrogen-bond acceptors (Lipinski definition) is 2. The highest BCUT2D eigenvalue weighted by Gasteiger charge is 2.01. The Hall–Kier alpha value is -1.51. The number of hydrazine groups is 1. The van der Waals surface area contributed by atoms with E-state index in [-0.39, 0.29) is 0 Å². The molecule has 3 heteroatoms. The van der Waals surface area contributed by atoms with Crippen LogP contribution in [0.25, 0.3) is 0 Å². The van der Waals surface area contributed by atoms with Crippen molar-refractivity contribution in [1.82, 2.24) is 0 Å². The standard InChI is InChI=1S/C13H13ClN2/c14-12-8-6-11(7-9-12)10-16(15)13-4-2-1-3-5-13/h1-9H,10,15H2. The van der Waals surface area contributed by atoms with E-state index < -0.39 is 0 Å². The minimum absolute atomic E-state index is 0.668. The van der Waals surface area contributed by atoms with Gasteiger partial charge in [-0.25, -0.2) is 5.84 Å². The van der Waals surface area contributed by atoms with Gasteiger partial charge in [0, 0.05) is 5.02 Å². The second kappa shape index (κ2) is 5.01. The molecule has 0 saturated carbocycles. The van der Waals surface area contributed by atoms with Crippen LogP contribution in [0.15, 0.2) is 54.6 Å². The molecule has 0 bridgehead atoms. The maximum Gasteiger partial charge on any atom is 0.0592 e. The highest BCUT2D eigenvalue weighted by molar-refractivity contribution is 6.30. The lowest BCUT2D eigenvalue weighted by molar-refractivity contribution is 0.853. The molecule has 0 saturated heterocycles. The first-order valence-corrected chi connectivity index (χ1v) is 5.45. The SMILES string of the molecule is NN(Cc1ccc(Cl)cc1)c1ccccc1. The van der Waals surface area contributed by atoms with Gasteiger partial charge in [0.15, 0.2) is 0 Å².